The van der Waals surface area contributed by atoms with Gasteiger partial charge < -0.3 is 14.2 Å². The van der Waals surface area contributed by atoms with Crippen LogP contribution in [0, 0.1) is 6.92 Å². The van der Waals surface area contributed by atoms with Crippen molar-refractivity contribution >= 4 is 40.6 Å². The zero-order valence-corrected chi connectivity index (χ0v) is 19.9. The molecule has 2 amide bonds. The van der Waals surface area contributed by atoms with Crippen LogP contribution >= 0.6 is 23.1 Å². The zero-order chi connectivity index (χ0) is 22.8. The van der Waals surface area contributed by atoms with Crippen LogP contribution in [0.5, 0.6) is 0 Å². The molecule has 168 valence electrons. The maximum atomic E-state index is 12.9. The number of piperazine rings is 1. The van der Waals surface area contributed by atoms with Gasteiger partial charge in [0.05, 0.1) is 10.6 Å². The Kier molecular flexibility index (Phi) is 6.20. The predicted octanol–water partition coefficient (Wildman–Crippen LogP) is 4.59. The van der Waals surface area contributed by atoms with Crippen LogP contribution in [0.2, 0.25) is 0 Å². The molecule has 5 rings (SSSR count). The summed E-state index contributed by atoms with van der Waals surface area (Å²) >= 11 is 3.22. The Morgan fingerprint density at radius 3 is 2.33 bits per heavy atom. The van der Waals surface area contributed by atoms with E-state index in [0.29, 0.717) is 31.7 Å². The molecule has 0 bridgehead atoms. The van der Waals surface area contributed by atoms with Crippen LogP contribution in [0.4, 0.5) is 0 Å². The highest BCUT2D eigenvalue weighted by atomic mass is 32.2. The number of rotatable bonds is 5. The summed E-state index contributed by atoms with van der Waals surface area (Å²) in [5, 5.41) is 0. The van der Waals surface area contributed by atoms with Crippen LogP contribution in [-0.2, 0) is 5.75 Å². The highest BCUT2D eigenvalue weighted by Crippen LogP contribution is 2.24. The summed E-state index contributed by atoms with van der Waals surface area (Å²) in [4.78, 5) is 36.9. The Morgan fingerprint density at radius 2 is 1.67 bits per heavy atom. The molecule has 0 radical (unpaired) electrons. The van der Waals surface area contributed by atoms with Crippen LogP contribution in [0.1, 0.15) is 30.6 Å². The van der Waals surface area contributed by atoms with Crippen LogP contribution in [0.3, 0.4) is 0 Å². The van der Waals surface area contributed by atoms with Crippen LogP contribution in [-0.4, -0.2) is 57.2 Å². The van der Waals surface area contributed by atoms with Crippen molar-refractivity contribution in [1.82, 2.24) is 19.2 Å². The van der Waals surface area contributed by atoms with Crippen molar-refractivity contribution in [2.75, 3.05) is 26.2 Å². The number of carbonyl (C=O) groups is 2. The Balaban J connectivity index is 1.15. The lowest BCUT2D eigenvalue weighted by molar-refractivity contribution is 0.0538. The molecule has 0 spiro atoms. The largest absolute Gasteiger partial charge is 0.335 e. The number of aromatic nitrogens is 2. The number of imidazole rings is 1. The van der Waals surface area contributed by atoms with E-state index in [1.807, 2.05) is 88.1 Å². The van der Waals surface area contributed by atoms with Gasteiger partial charge in [0.2, 0.25) is 0 Å². The van der Waals surface area contributed by atoms with Crippen molar-refractivity contribution in [2.45, 2.75) is 17.6 Å². The third-order valence-corrected chi connectivity index (χ3v) is 7.74. The van der Waals surface area contributed by atoms with Gasteiger partial charge in [0.25, 0.3) is 11.8 Å². The fourth-order valence-corrected chi connectivity index (χ4v) is 5.53. The summed E-state index contributed by atoms with van der Waals surface area (Å²) in [5.41, 5.74) is 2.65. The molecule has 0 N–H and O–H groups in total. The first-order valence-electron chi connectivity index (χ1n) is 10.9. The first-order valence-corrected chi connectivity index (χ1v) is 12.7. The Hall–Kier alpha value is -3.10. The molecule has 4 heterocycles. The molecular weight excluding hydrogens is 452 g/mol. The maximum absolute atomic E-state index is 12.9. The van der Waals surface area contributed by atoms with Gasteiger partial charge in [0.15, 0.2) is 0 Å². The van der Waals surface area contributed by atoms with E-state index in [0.717, 1.165) is 31.7 Å². The molecule has 0 unspecified atom stereocenters. The van der Waals surface area contributed by atoms with Gasteiger partial charge in [0, 0.05) is 59.7 Å². The minimum atomic E-state index is 0.0194. The van der Waals surface area contributed by atoms with Gasteiger partial charge in [0.1, 0.15) is 5.65 Å². The SMILES string of the molecule is Cc1ccc(C(=O)N2CCN(C(=O)c3ccc(SCc4cn5ccccc5n4)cc3)CC2)s1. The molecule has 4 aromatic rings. The Bertz CT molecular complexity index is 1250. The van der Waals surface area contributed by atoms with Gasteiger partial charge in [-0.25, -0.2) is 4.98 Å². The van der Waals surface area contributed by atoms with E-state index in [1.165, 1.54) is 11.3 Å². The molecule has 1 saturated heterocycles. The number of hydrogen-bond acceptors (Lipinski definition) is 5. The first-order chi connectivity index (χ1) is 16.1. The second kappa shape index (κ2) is 9.41. The number of amides is 2. The quantitative estimate of drug-likeness (QED) is 0.395. The smallest absolute Gasteiger partial charge is 0.264 e. The van der Waals surface area contributed by atoms with Crippen molar-refractivity contribution in [1.29, 1.82) is 0 Å². The van der Waals surface area contributed by atoms with Crippen molar-refractivity contribution < 1.29 is 9.59 Å². The zero-order valence-electron chi connectivity index (χ0n) is 18.3. The number of nitrogens with zero attached hydrogens (tertiary/aromatic N) is 4. The standard InChI is InChI=1S/C25H24N4O2S2/c1-18-5-10-22(33-18)25(31)28-14-12-27(13-15-28)24(30)19-6-8-21(9-7-19)32-17-20-16-29-11-3-2-4-23(29)26-20/h2-11,16H,12-15,17H2,1H3. The number of hydrogen-bond donors (Lipinski definition) is 0. The van der Waals surface area contributed by atoms with Crippen LogP contribution in [0.15, 0.2) is 71.9 Å². The summed E-state index contributed by atoms with van der Waals surface area (Å²) in [6, 6.07) is 17.6. The molecule has 33 heavy (non-hydrogen) atoms. The lowest BCUT2D eigenvalue weighted by Gasteiger charge is -2.34. The molecule has 1 aliphatic rings. The lowest BCUT2D eigenvalue weighted by Crippen LogP contribution is -2.50. The number of pyridine rings is 1. The van der Waals surface area contributed by atoms with Gasteiger partial charge >= 0.3 is 0 Å². The van der Waals surface area contributed by atoms with Gasteiger partial charge in [-0.2, -0.15) is 0 Å². The van der Waals surface area contributed by atoms with E-state index in [-0.39, 0.29) is 11.8 Å². The van der Waals surface area contributed by atoms with Crippen molar-refractivity contribution in [2.24, 2.45) is 0 Å². The minimum Gasteiger partial charge on any atom is -0.335 e. The second-order valence-electron chi connectivity index (χ2n) is 8.01. The van der Waals surface area contributed by atoms with Gasteiger partial charge in [-0.05, 0) is 55.5 Å². The fraction of sp³-hybridized carbons (Fsp3) is 0.240. The average molecular weight is 477 g/mol. The van der Waals surface area contributed by atoms with Gasteiger partial charge in [-0.15, -0.1) is 23.1 Å². The summed E-state index contributed by atoms with van der Waals surface area (Å²) < 4.78 is 2.02. The van der Waals surface area contributed by atoms with Crippen molar-refractivity contribution in [3.8, 4) is 0 Å². The third kappa shape index (κ3) is 4.82. The number of thiophene rings is 1. The molecule has 8 heteroatoms. The summed E-state index contributed by atoms with van der Waals surface area (Å²) in [6.07, 6.45) is 4.04. The number of thioether (sulfide) groups is 1. The van der Waals surface area contributed by atoms with E-state index >= 15 is 0 Å². The molecular formula is C25H24N4O2S2. The Morgan fingerprint density at radius 1 is 0.939 bits per heavy atom. The highest BCUT2D eigenvalue weighted by Gasteiger charge is 2.26. The summed E-state index contributed by atoms with van der Waals surface area (Å²) in [6.45, 7) is 4.24. The molecule has 1 aliphatic heterocycles. The molecule has 0 saturated carbocycles. The highest BCUT2D eigenvalue weighted by molar-refractivity contribution is 7.98. The predicted molar refractivity (Wildman–Crippen MR) is 132 cm³/mol. The van der Waals surface area contributed by atoms with E-state index in [2.05, 4.69) is 4.98 Å². The van der Waals surface area contributed by atoms with E-state index in [9.17, 15) is 9.59 Å². The van der Waals surface area contributed by atoms with Gasteiger partial charge in [-0.1, -0.05) is 6.07 Å². The first kappa shape index (κ1) is 21.7. The number of benzene rings is 1. The maximum Gasteiger partial charge on any atom is 0.264 e. The van der Waals surface area contributed by atoms with Crippen molar-refractivity contribution in [3.63, 3.8) is 0 Å². The summed E-state index contributed by atoms with van der Waals surface area (Å²) in [7, 11) is 0. The molecule has 1 fully saturated rings. The van der Waals surface area contributed by atoms with Crippen LogP contribution in [0.25, 0.3) is 5.65 Å². The number of aryl methyl sites for hydroxylation is 1. The van der Waals surface area contributed by atoms with E-state index in [1.54, 1.807) is 11.8 Å². The minimum absolute atomic E-state index is 0.0194. The molecule has 0 aliphatic carbocycles. The topological polar surface area (TPSA) is 57.9 Å². The average Bonchev–Trinajstić information content (AvgIpc) is 3.48. The van der Waals surface area contributed by atoms with E-state index < -0.39 is 0 Å². The van der Waals surface area contributed by atoms with E-state index in [4.69, 9.17) is 0 Å². The lowest BCUT2D eigenvalue weighted by atomic mass is 10.2. The monoisotopic (exact) mass is 476 g/mol. The van der Waals surface area contributed by atoms with Crippen molar-refractivity contribution in [3.05, 3.63) is 88.0 Å². The number of carbonyl (C=O) groups excluding carboxylic acids is 2. The normalized spacial score (nSPS) is 14.1. The Labute approximate surface area is 200 Å². The molecule has 0 atom stereocenters. The van der Waals surface area contributed by atoms with Crippen LogP contribution < -0.4 is 0 Å². The fourth-order valence-electron chi connectivity index (χ4n) is 3.91. The molecule has 6 nitrogen and oxygen atoms in total. The summed E-state index contributed by atoms with van der Waals surface area (Å²) in [5.74, 6) is 0.854. The van der Waals surface area contributed by atoms with Gasteiger partial charge in [-0.3, -0.25) is 9.59 Å². The third-order valence-electron chi connectivity index (χ3n) is 5.71. The molecule has 3 aromatic heterocycles. The number of fused-ring (bicyclic) bond motifs is 1. The molecule has 1 aromatic carbocycles. The second-order valence-corrected chi connectivity index (χ2v) is 10.3.